The summed E-state index contributed by atoms with van der Waals surface area (Å²) in [4.78, 5) is 16.0. The zero-order chi connectivity index (χ0) is 20.6. The lowest BCUT2D eigenvalue weighted by Crippen LogP contribution is -2.25. The van der Waals surface area contributed by atoms with E-state index in [1.165, 1.54) is 16.3 Å². The normalized spacial score (nSPS) is 16.7. The van der Waals surface area contributed by atoms with Gasteiger partial charge in [-0.1, -0.05) is 24.3 Å². The molecule has 0 saturated heterocycles. The molecule has 0 unspecified atom stereocenters. The van der Waals surface area contributed by atoms with Gasteiger partial charge in [-0.15, -0.1) is 22.7 Å². The fourth-order valence-electron chi connectivity index (χ4n) is 3.25. The zero-order valence-electron chi connectivity index (χ0n) is 15.8. The standard InChI is InChI=1S/C20H19N3O3S3/c1-13-9-10-18(28-13)17-12-16(21-23(17)20(24)19-8-5-11-27-19)14-6-3-4-7-15(14)22-29(2,25)26/h3-11,17,22H,12H2,1-2H3/t17-/m1/s1. The van der Waals surface area contributed by atoms with Gasteiger partial charge in [-0.05, 0) is 36.6 Å². The maximum Gasteiger partial charge on any atom is 0.284 e. The summed E-state index contributed by atoms with van der Waals surface area (Å²) in [5.41, 5.74) is 1.82. The number of benzene rings is 1. The Balaban J connectivity index is 1.75. The van der Waals surface area contributed by atoms with Gasteiger partial charge in [0.2, 0.25) is 10.0 Å². The van der Waals surface area contributed by atoms with Crippen LogP contribution in [0.4, 0.5) is 5.69 Å². The van der Waals surface area contributed by atoms with E-state index in [1.807, 2.05) is 42.6 Å². The number of amides is 1. The van der Waals surface area contributed by atoms with E-state index in [9.17, 15) is 13.2 Å². The highest BCUT2D eigenvalue weighted by Crippen LogP contribution is 2.38. The van der Waals surface area contributed by atoms with Gasteiger partial charge in [0.25, 0.3) is 5.91 Å². The molecule has 29 heavy (non-hydrogen) atoms. The van der Waals surface area contributed by atoms with Crippen molar-refractivity contribution >= 4 is 50.0 Å². The summed E-state index contributed by atoms with van der Waals surface area (Å²) in [7, 11) is -3.44. The Morgan fingerprint density at radius 1 is 1.17 bits per heavy atom. The van der Waals surface area contributed by atoms with Crippen LogP contribution in [0.3, 0.4) is 0 Å². The summed E-state index contributed by atoms with van der Waals surface area (Å²) in [6.07, 6.45) is 1.63. The number of carbonyl (C=O) groups excluding carboxylic acids is 1. The van der Waals surface area contributed by atoms with E-state index < -0.39 is 10.0 Å². The molecule has 150 valence electrons. The number of hydrogen-bond donors (Lipinski definition) is 1. The molecular weight excluding hydrogens is 426 g/mol. The van der Waals surface area contributed by atoms with Gasteiger partial charge >= 0.3 is 0 Å². The van der Waals surface area contributed by atoms with Crippen LogP contribution in [0.1, 0.15) is 37.5 Å². The SMILES string of the molecule is Cc1ccc([C@H]2CC(c3ccccc3NS(C)(=O)=O)=NN2C(=O)c2cccs2)s1. The third-order valence-electron chi connectivity index (χ3n) is 4.47. The van der Waals surface area contributed by atoms with Crippen LogP contribution in [0.15, 0.2) is 59.0 Å². The number of rotatable bonds is 5. The molecule has 0 spiro atoms. The Bertz CT molecular complexity index is 1180. The highest BCUT2D eigenvalue weighted by atomic mass is 32.2. The van der Waals surface area contributed by atoms with Crippen molar-refractivity contribution in [2.45, 2.75) is 19.4 Å². The van der Waals surface area contributed by atoms with Crippen LogP contribution in [0.5, 0.6) is 0 Å². The first kappa shape index (κ1) is 19.8. The lowest BCUT2D eigenvalue weighted by Gasteiger charge is -2.19. The van der Waals surface area contributed by atoms with E-state index >= 15 is 0 Å². The number of sulfonamides is 1. The minimum absolute atomic E-state index is 0.153. The first-order valence-electron chi connectivity index (χ1n) is 8.90. The second-order valence-electron chi connectivity index (χ2n) is 6.76. The molecule has 1 aromatic carbocycles. The molecule has 0 aliphatic carbocycles. The molecule has 3 aromatic rings. The van der Waals surface area contributed by atoms with E-state index in [0.29, 0.717) is 28.3 Å². The fraction of sp³-hybridized carbons (Fsp3) is 0.200. The third-order valence-corrected chi connectivity index (χ3v) is 7.02. The lowest BCUT2D eigenvalue weighted by molar-refractivity contribution is 0.0719. The number of hydrazone groups is 1. The summed E-state index contributed by atoms with van der Waals surface area (Å²) in [6, 6.07) is 14.6. The Morgan fingerprint density at radius 2 is 1.97 bits per heavy atom. The van der Waals surface area contributed by atoms with E-state index in [-0.39, 0.29) is 11.9 Å². The van der Waals surface area contributed by atoms with Gasteiger partial charge < -0.3 is 0 Å². The maximum absolute atomic E-state index is 13.1. The number of hydrogen-bond acceptors (Lipinski definition) is 6. The first-order valence-corrected chi connectivity index (χ1v) is 12.5. The highest BCUT2D eigenvalue weighted by Gasteiger charge is 2.35. The van der Waals surface area contributed by atoms with Crippen LogP contribution in [0.2, 0.25) is 0 Å². The number of aryl methyl sites for hydroxylation is 1. The lowest BCUT2D eigenvalue weighted by atomic mass is 10.0. The molecule has 0 radical (unpaired) electrons. The van der Waals surface area contributed by atoms with Gasteiger partial charge in [-0.25, -0.2) is 13.4 Å². The van der Waals surface area contributed by atoms with E-state index in [2.05, 4.69) is 9.82 Å². The van der Waals surface area contributed by atoms with Gasteiger partial charge in [0.1, 0.15) is 0 Å². The maximum atomic E-state index is 13.1. The average Bonchev–Trinajstić information content (AvgIpc) is 3.40. The minimum atomic E-state index is -3.44. The minimum Gasteiger partial charge on any atom is -0.283 e. The number of nitrogens with one attached hydrogen (secondary N) is 1. The van der Waals surface area contributed by atoms with E-state index in [1.54, 1.807) is 29.5 Å². The molecule has 1 atom stereocenters. The van der Waals surface area contributed by atoms with Crippen LogP contribution in [-0.2, 0) is 10.0 Å². The molecule has 6 nitrogen and oxygen atoms in total. The monoisotopic (exact) mass is 445 g/mol. The fourth-order valence-corrected chi connectivity index (χ4v) is 5.45. The summed E-state index contributed by atoms with van der Waals surface area (Å²) in [6.45, 7) is 2.03. The van der Waals surface area contributed by atoms with Crippen molar-refractivity contribution in [3.05, 3.63) is 74.1 Å². The number of thiophene rings is 2. The van der Waals surface area contributed by atoms with Crippen molar-refractivity contribution in [3.8, 4) is 0 Å². The quantitative estimate of drug-likeness (QED) is 0.629. The molecule has 0 saturated carbocycles. The Hall–Kier alpha value is -2.49. The van der Waals surface area contributed by atoms with E-state index in [4.69, 9.17) is 0 Å². The number of carbonyl (C=O) groups is 1. The second kappa shape index (κ2) is 7.74. The van der Waals surface area contributed by atoms with Crippen LogP contribution in [0.25, 0.3) is 0 Å². The molecule has 0 fully saturated rings. The van der Waals surface area contributed by atoms with Crippen molar-refractivity contribution < 1.29 is 13.2 Å². The highest BCUT2D eigenvalue weighted by molar-refractivity contribution is 7.92. The second-order valence-corrected chi connectivity index (χ2v) is 10.8. The van der Waals surface area contributed by atoms with Crippen LogP contribution < -0.4 is 4.72 Å². The van der Waals surface area contributed by atoms with Gasteiger partial charge in [0.15, 0.2) is 0 Å². The molecule has 1 amide bonds. The van der Waals surface area contributed by atoms with Gasteiger partial charge in [-0.2, -0.15) is 5.10 Å². The molecule has 1 aliphatic rings. The Kier molecular flexibility index (Phi) is 5.28. The van der Waals surface area contributed by atoms with Crippen LogP contribution in [-0.4, -0.2) is 31.3 Å². The van der Waals surface area contributed by atoms with Gasteiger partial charge in [0, 0.05) is 21.7 Å². The zero-order valence-corrected chi connectivity index (χ0v) is 18.3. The molecule has 3 heterocycles. The smallest absolute Gasteiger partial charge is 0.283 e. The predicted octanol–water partition coefficient (Wildman–Crippen LogP) is 4.48. The third kappa shape index (κ3) is 4.26. The van der Waals surface area contributed by atoms with Crippen molar-refractivity contribution in [2.24, 2.45) is 5.10 Å². The molecule has 4 rings (SSSR count). The number of nitrogens with zero attached hydrogens (tertiary/aromatic N) is 2. The van der Waals surface area contributed by atoms with Crippen molar-refractivity contribution in [1.82, 2.24) is 5.01 Å². The summed E-state index contributed by atoms with van der Waals surface area (Å²) < 4.78 is 26.1. The molecular formula is C20H19N3O3S3. The average molecular weight is 446 g/mol. The number of para-hydroxylation sites is 1. The summed E-state index contributed by atoms with van der Waals surface area (Å²) >= 11 is 3.02. The van der Waals surface area contributed by atoms with Crippen LogP contribution in [0, 0.1) is 6.92 Å². The molecule has 1 N–H and O–H groups in total. The topological polar surface area (TPSA) is 78.8 Å². The van der Waals surface area contributed by atoms with E-state index in [0.717, 1.165) is 16.0 Å². The Labute approximate surface area is 177 Å². The van der Waals surface area contributed by atoms with Crippen molar-refractivity contribution in [2.75, 3.05) is 11.0 Å². The van der Waals surface area contributed by atoms with Crippen molar-refractivity contribution in [1.29, 1.82) is 0 Å². The molecule has 1 aliphatic heterocycles. The molecule has 0 bridgehead atoms. The number of anilines is 1. The molecule has 2 aromatic heterocycles. The summed E-state index contributed by atoms with van der Waals surface area (Å²) in [5.74, 6) is -0.153. The van der Waals surface area contributed by atoms with Crippen molar-refractivity contribution in [3.63, 3.8) is 0 Å². The Morgan fingerprint density at radius 3 is 2.62 bits per heavy atom. The molecule has 9 heteroatoms. The summed E-state index contributed by atoms with van der Waals surface area (Å²) in [5, 5.41) is 8.05. The predicted molar refractivity (Wildman–Crippen MR) is 118 cm³/mol. The van der Waals surface area contributed by atoms with Gasteiger partial charge in [-0.3, -0.25) is 9.52 Å². The van der Waals surface area contributed by atoms with Gasteiger partial charge in [0.05, 0.1) is 28.6 Å². The first-order chi connectivity index (χ1) is 13.8. The largest absolute Gasteiger partial charge is 0.284 e. The van der Waals surface area contributed by atoms with Crippen LogP contribution >= 0.6 is 22.7 Å².